The molecule has 0 saturated heterocycles. The summed E-state index contributed by atoms with van der Waals surface area (Å²) in [5.74, 6) is 0. The first kappa shape index (κ1) is 18.5. The van der Waals surface area contributed by atoms with Gasteiger partial charge in [0.25, 0.3) is 5.24 Å². The molecular weight excluding hydrogens is 236 g/mol. The van der Waals surface area contributed by atoms with Gasteiger partial charge in [0.1, 0.15) is 0 Å². The molecule has 3 heteroatoms. The molecule has 17 heavy (non-hydrogen) atoms. The van der Waals surface area contributed by atoms with E-state index in [0.717, 1.165) is 11.1 Å². The van der Waals surface area contributed by atoms with Crippen molar-refractivity contribution in [3.8, 4) is 0 Å². The smallest absolute Gasteiger partial charge is 0.252 e. The molecule has 1 aromatic rings. The summed E-state index contributed by atoms with van der Waals surface area (Å²) < 4.78 is 4.99. The van der Waals surface area contributed by atoms with Gasteiger partial charge in [-0.1, -0.05) is 33.8 Å². The van der Waals surface area contributed by atoms with Crippen molar-refractivity contribution in [2.24, 2.45) is 0 Å². The molecule has 0 heterocycles. The van der Waals surface area contributed by atoms with Crippen molar-refractivity contribution >= 4 is 16.8 Å². The Hall–Kier alpha value is -0.860. The van der Waals surface area contributed by atoms with Gasteiger partial charge in [0.15, 0.2) is 0 Å². The van der Waals surface area contributed by atoms with Crippen LogP contribution in [0, 0.1) is 6.92 Å². The van der Waals surface area contributed by atoms with Gasteiger partial charge in [-0.05, 0) is 41.8 Å². The lowest BCUT2D eigenvalue weighted by Gasteiger charge is -2.05. The fraction of sp³-hybridized carbons (Fsp3) is 0.500. The normalized spacial score (nSPS) is 8.41. The number of hydrogen-bond acceptors (Lipinski definition) is 2. The lowest BCUT2D eigenvalue weighted by Crippen LogP contribution is -1.96. The maximum Gasteiger partial charge on any atom is 0.252 e. The van der Waals surface area contributed by atoms with Gasteiger partial charge in [-0.2, -0.15) is 0 Å². The van der Waals surface area contributed by atoms with Gasteiger partial charge in [-0.3, -0.25) is 4.79 Å². The molecule has 1 aromatic carbocycles. The van der Waals surface area contributed by atoms with Crippen molar-refractivity contribution in [3.05, 3.63) is 34.9 Å². The topological polar surface area (TPSA) is 26.3 Å². The molecule has 0 unspecified atom stereocenters. The van der Waals surface area contributed by atoms with Crippen LogP contribution in [0.25, 0.3) is 0 Å². The highest BCUT2D eigenvalue weighted by Crippen LogP contribution is 2.13. The summed E-state index contributed by atoms with van der Waals surface area (Å²) in [6.45, 7) is 10.5. The van der Waals surface area contributed by atoms with Gasteiger partial charge < -0.3 is 4.74 Å². The van der Waals surface area contributed by atoms with E-state index in [2.05, 4.69) is 0 Å². The summed E-state index contributed by atoms with van der Waals surface area (Å²) in [5, 5.41) is -0.433. The third-order valence-electron chi connectivity index (χ3n) is 1.88. The zero-order valence-electron chi connectivity index (χ0n) is 11.6. The average Bonchev–Trinajstić information content (AvgIpc) is 2.37. The number of methoxy groups -OCH3 is 1. The second kappa shape index (κ2) is 11.6. The standard InChI is InChI=1S/C10H11ClO2.2C2H6/c1-7-3-4-8(10(11)12)5-9(7)6-13-2;2*1-2/h3-5H,6H2,1-2H3;2*1-2H3. The van der Waals surface area contributed by atoms with Crippen molar-refractivity contribution in [2.75, 3.05) is 7.11 Å². The Bertz CT molecular complexity index is 322. The Balaban J connectivity index is 0. The largest absolute Gasteiger partial charge is 0.380 e. The molecule has 2 nitrogen and oxygen atoms in total. The molecule has 0 bridgehead atoms. The van der Waals surface area contributed by atoms with Crippen molar-refractivity contribution in [1.29, 1.82) is 0 Å². The van der Waals surface area contributed by atoms with E-state index in [0.29, 0.717) is 12.2 Å². The number of halogens is 1. The van der Waals surface area contributed by atoms with Crippen molar-refractivity contribution in [3.63, 3.8) is 0 Å². The van der Waals surface area contributed by atoms with Crippen LogP contribution in [0.3, 0.4) is 0 Å². The minimum absolute atomic E-state index is 0.433. The first-order chi connectivity index (χ1) is 8.15. The van der Waals surface area contributed by atoms with Crippen LogP contribution in [0.5, 0.6) is 0 Å². The van der Waals surface area contributed by atoms with Crippen LogP contribution < -0.4 is 0 Å². The predicted octanol–water partition coefficient (Wildman–Crippen LogP) is 4.57. The first-order valence-corrected chi connectivity index (χ1v) is 6.31. The van der Waals surface area contributed by atoms with Crippen LogP contribution in [-0.4, -0.2) is 12.4 Å². The fourth-order valence-corrected chi connectivity index (χ4v) is 1.22. The van der Waals surface area contributed by atoms with Gasteiger partial charge in [-0.15, -0.1) is 0 Å². The Labute approximate surface area is 110 Å². The lowest BCUT2D eigenvalue weighted by molar-refractivity contribution is 0.108. The molecule has 98 valence electrons. The number of benzene rings is 1. The molecule has 0 aliphatic heterocycles. The molecule has 0 N–H and O–H groups in total. The molecule has 1 rings (SSSR count). The van der Waals surface area contributed by atoms with Crippen LogP contribution in [0.4, 0.5) is 0 Å². The van der Waals surface area contributed by atoms with Gasteiger partial charge in [-0.25, -0.2) is 0 Å². The van der Waals surface area contributed by atoms with Crippen LogP contribution in [-0.2, 0) is 11.3 Å². The molecule has 0 atom stereocenters. The van der Waals surface area contributed by atoms with Gasteiger partial charge >= 0.3 is 0 Å². The van der Waals surface area contributed by atoms with Gasteiger partial charge in [0.2, 0.25) is 0 Å². The van der Waals surface area contributed by atoms with E-state index in [9.17, 15) is 4.79 Å². The monoisotopic (exact) mass is 258 g/mol. The highest BCUT2D eigenvalue weighted by atomic mass is 35.5. The number of hydrogen-bond donors (Lipinski definition) is 0. The summed E-state index contributed by atoms with van der Waals surface area (Å²) in [6.07, 6.45) is 0. The van der Waals surface area contributed by atoms with E-state index >= 15 is 0 Å². The third kappa shape index (κ3) is 7.14. The average molecular weight is 259 g/mol. The van der Waals surface area contributed by atoms with E-state index in [4.69, 9.17) is 16.3 Å². The SMILES string of the molecule is CC.CC.COCc1cc(C(=O)Cl)ccc1C. The second-order valence-corrected chi connectivity index (χ2v) is 3.19. The maximum atomic E-state index is 10.8. The number of aryl methyl sites for hydroxylation is 1. The minimum Gasteiger partial charge on any atom is -0.380 e. The second-order valence-electron chi connectivity index (χ2n) is 2.85. The van der Waals surface area contributed by atoms with Crippen LogP contribution >= 0.6 is 11.6 Å². The molecule has 0 aliphatic carbocycles. The zero-order chi connectivity index (χ0) is 13.8. The van der Waals surface area contributed by atoms with E-state index in [1.54, 1.807) is 19.2 Å². The van der Waals surface area contributed by atoms with Crippen LogP contribution in [0.15, 0.2) is 18.2 Å². The number of rotatable bonds is 3. The van der Waals surface area contributed by atoms with Crippen molar-refractivity contribution < 1.29 is 9.53 Å². The van der Waals surface area contributed by atoms with Crippen molar-refractivity contribution in [2.45, 2.75) is 41.2 Å². The molecule has 0 amide bonds. The highest BCUT2D eigenvalue weighted by Gasteiger charge is 2.04. The van der Waals surface area contributed by atoms with E-state index < -0.39 is 5.24 Å². The third-order valence-corrected chi connectivity index (χ3v) is 2.09. The number of carbonyl (C=O) groups excluding carboxylic acids is 1. The Morgan fingerprint density at radius 2 is 1.76 bits per heavy atom. The molecule has 0 aromatic heterocycles. The van der Waals surface area contributed by atoms with Crippen molar-refractivity contribution in [1.82, 2.24) is 0 Å². The van der Waals surface area contributed by atoms with E-state index in [1.807, 2.05) is 40.7 Å². The van der Waals surface area contributed by atoms with E-state index in [1.165, 1.54) is 0 Å². The summed E-state index contributed by atoms with van der Waals surface area (Å²) in [5.41, 5.74) is 2.61. The van der Waals surface area contributed by atoms with E-state index in [-0.39, 0.29) is 0 Å². The quantitative estimate of drug-likeness (QED) is 0.742. The molecule has 0 saturated carbocycles. The minimum atomic E-state index is -0.433. The molecule has 0 aliphatic rings. The Kier molecular flexibility index (Phi) is 12.6. The number of ether oxygens (including phenoxy) is 1. The Morgan fingerprint density at radius 1 is 1.24 bits per heavy atom. The lowest BCUT2D eigenvalue weighted by atomic mass is 10.1. The summed E-state index contributed by atoms with van der Waals surface area (Å²) >= 11 is 5.35. The van der Waals surface area contributed by atoms with Gasteiger partial charge in [0.05, 0.1) is 6.61 Å². The molecule has 0 fully saturated rings. The fourth-order valence-electron chi connectivity index (χ4n) is 1.10. The first-order valence-electron chi connectivity index (χ1n) is 5.93. The molecule has 0 spiro atoms. The molecular formula is C14H23ClO2. The van der Waals surface area contributed by atoms with Crippen LogP contribution in [0.1, 0.15) is 49.2 Å². The Morgan fingerprint density at radius 3 is 2.18 bits per heavy atom. The van der Waals surface area contributed by atoms with Gasteiger partial charge in [0, 0.05) is 12.7 Å². The summed E-state index contributed by atoms with van der Waals surface area (Å²) in [7, 11) is 1.62. The predicted molar refractivity (Wildman–Crippen MR) is 74.8 cm³/mol. The zero-order valence-corrected chi connectivity index (χ0v) is 12.4. The summed E-state index contributed by atoms with van der Waals surface area (Å²) in [6, 6.07) is 5.34. The number of carbonyl (C=O) groups is 1. The highest BCUT2D eigenvalue weighted by molar-refractivity contribution is 6.67. The van der Waals surface area contributed by atoms with Crippen LogP contribution in [0.2, 0.25) is 0 Å². The maximum absolute atomic E-state index is 10.8. The molecule has 0 radical (unpaired) electrons. The summed E-state index contributed by atoms with van der Waals surface area (Å²) in [4.78, 5) is 10.8.